The second kappa shape index (κ2) is 44.7. The maximum Gasteiger partial charge on any atom is 0.472 e. The van der Waals surface area contributed by atoms with Gasteiger partial charge < -0.3 is 25.2 Å². The Hall–Kier alpha value is -2.33. The molecule has 348 valence electrons. The summed E-state index contributed by atoms with van der Waals surface area (Å²) in [5, 5.41) is 8.91. The highest BCUT2D eigenvalue weighted by Gasteiger charge is 2.27. The zero-order chi connectivity index (χ0) is 44.0. The first-order chi connectivity index (χ1) is 29.2. The third kappa shape index (κ3) is 43.7. The van der Waals surface area contributed by atoms with Crippen molar-refractivity contribution in [3.05, 3.63) is 60.8 Å². The van der Waals surface area contributed by atoms with E-state index in [1.807, 2.05) is 0 Å². The largest absolute Gasteiger partial charge is 0.480 e. The number of hydrogen-bond donors (Lipinski definition) is 3. The Bertz CT molecular complexity index is 1190. The molecule has 0 aromatic heterocycles. The number of carbonyl (C=O) groups excluding carboxylic acids is 1. The molecule has 0 saturated carbocycles. The molecule has 0 radical (unpaired) electrons. The van der Waals surface area contributed by atoms with Gasteiger partial charge >= 0.3 is 19.8 Å². The second-order valence-electron chi connectivity index (χ2n) is 15.9. The number of carboxylic acid groups (broad SMARTS) is 1. The van der Waals surface area contributed by atoms with Crippen molar-refractivity contribution in [1.82, 2.24) is 0 Å². The van der Waals surface area contributed by atoms with Gasteiger partial charge in [0.25, 0.3) is 0 Å². The molecule has 3 atom stereocenters. The van der Waals surface area contributed by atoms with Crippen molar-refractivity contribution in [1.29, 1.82) is 0 Å². The maximum atomic E-state index is 12.7. The van der Waals surface area contributed by atoms with Gasteiger partial charge in [-0.15, -0.1) is 0 Å². The van der Waals surface area contributed by atoms with Crippen LogP contribution in [0, 0.1) is 0 Å². The Morgan fingerprint density at radius 2 is 0.967 bits per heavy atom. The van der Waals surface area contributed by atoms with Crippen molar-refractivity contribution in [2.24, 2.45) is 5.73 Å². The van der Waals surface area contributed by atoms with Crippen LogP contribution in [0.5, 0.6) is 0 Å². The summed E-state index contributed by atoms with van der Waals surface area (Å²) >= 11 is 0. The zero-order valence-corrected chi connectivity index (χ0v) is 38.9. The van der Waals surface area contributed by atoms with Crippen LogP contribution in [0.25, 0.3) is 0 Å². The molecule has 0 saturated heterocycles. The number of phosphoric ester groups is 1. The number of unbranched alkanes of at least 4 members (excludes halogenated alkanes) is 21. The Balaban J connectivity index is 4.24. The first-order valence-electron chi connectivity index (χ1n) is 23.8. The lowest BCUT2D eigenvalue weighted by Crippen LogP contribution is -2.34. The van der Waals surface area contributed by atoms with Gasteiger partial charge in [-0.1, -0.05) is 197 Å². The van der Waals surface area contributed by atoms with E-state index >= 15 is 0 Å². The molecule has 11 heteroatoms. The molecule has 3 unspecified atom stereocenters. The van der Waals surface area contributed by atoms with Gasteiger partial charge in [-0.05, 0) is 57.8 Å². The predicted molar refractivity (Wildman–Crippen MR) is 249 cm³/mol. The number of carbonyl (C=O) groups is 2. The van der Waals surface area contributed by atoms with Crippen LogP contribution in [-0.2, 0) is 32.7 Å². The number of phosphoric acid groups is 1. The molecule has 0 amide bonds. The number of ether oxygens (including phenoxy) is 2. The second-order valence-corrected chi connectivity index (χ2v) is 17.3. The minimum Gasteiger partial charge on any atom is -0.480 e. The van der Waals surface area contributed by atoms with Crippen LogP contribution >= 0.6 is 7.82 Å². The third-order valence-electron chi connectivity index (χ3n) is 10.1. The molecule has 0 heterocycles. The predicted octanol–water partition coefficient (Wildman–Crippen LogP) is 13.6. The van der Waals surface area contributed by atoms with Gasteiger partial charge in [-0.2, -0.15) is 0 Å². The minimum absolute atomic E-state index is 0.000456. The Morgan fingerprint density at radius 1 is 0.550 bits per heavy atom. The lowest BCUT2D eigenvalue weighted by Gasteiger charge is -2.20. The Labute approximate surface area is 366 Å². The summed E-state index contributed by atoms with van der Waals surface area (Å²) in [4.78, 5) is 33.6. The van der Waals surface area contributed by atoms with Crippen molar-refractivity contribution >= 4 is 19.8 Å². The van der Waals surface area contributed by atoms with E-state index < -0.39 is 45.1 Å². The standard InChI is InChI=1S/C49H88NO9P/c1-3-5-7-9-11-13-15-17-19-21-23-24-26-28-30-32-34-36-38-40-42-56-43-46(44-57-60(54,55)58-45-47(50)49(52)53)59-48(51)41-39-37-35-33-31-29-27-25-22-20-18-16-14-12-10-8-6-4-2/h5,7,11,13,17,19,23-24,28,30,46-47H,3-4,6,8-10,12,14-16,18,20-22,25-27,29,31-45,50H2,1-2H3,(H,52,53)(H,54,55)/b7-5-,13-11-,19-17-,24-23-,30-28-. The molecule has 0 spiro atoms. The van der Waals surface area contributed by atoms with Gasteiger partial charge in [0.05, 0.1) is 19.8 Å². The monoisotopic (exact) mass is 866 g/mol. The van der Waals surface area contributed by atoms with Crippen molar-refractivity contribution in [3.8, 4) is 0 Å². The molecule has 0 aromatic carbocycles. The van der Waals surface area contributed by atoms with E-state index in [0.29, 0.717) is 13.0 Å². The summed E-state index contributed by atoms with van der Waals surface area (Å²) in [5.41, 5.74) is 5.36. The van der Waals surface area contributed by atoms with Crippen molar-refractivity contribution in [2.45, 2.75) is 212 Å². The number of hydrogen-bond acceptors (Lipinski definition) is 8. The SMILES string of the molecule is CC/C=C\C/C=C\C/C=C\C/C=C\C/C=C\CCCCCCOCC(COP(=O)(O)OCC(N)C(=O)O)OC(=O)CCCCCCCCCCCCCCCCCCCC. The highest BCUT2D eigenvalue weighted by atomic mass is 31.2. The van der Waals surface area contributed by atoms with E-state index in [-0.39, 0.29) is 13.0 Å². The lowest BCUT2D eigenvalue weighted by atomic mass is 10.0. The van der Waals surface area contributed by atoms with E-state index in [1.165, 1.54) is 89.9 Å². The molecular weight excluding hydrogens is 778 g/mol. The number of aliphatic carboxylic acids is 1. The number of rotatable bonds is 45. The molecule has 0 aliphatic carbocycles. The summed E-state index contributed by atoms with van der Waals surface area (Å²) in [6, 6.07) is -1.48. The first-order valence-corrected chi connectivity index (χ1v) is 25.3. The van der Waals surface area contributed by atoms with E-state index in [9.17, 15) is 19.0 Å². The first kappa shape index (κ1) is 57.7. The summed E-state index contributed by atoms with van der Waals surface area (Å²) in [6.45, 7) is 3.73. The molecular formula is C49H88NO9P. The van der Waals surface area contributed by atoms with Crippen molar-refractivity contribution < 1.29 is 42.7 Å². The van der Waals surface area contributed by atoms with E-state index in [2.05, 4.69) is 74.6 Å². The maximum absolute atomic E-state index is 12.7. The van der Waals surface area contributed by atoms with Crippen LogP contribution in [0.15, 0.2) is 60.8 Å². The summed E-state index contributed by atoms with van der Waals surface area (Å²) in [6.07, 6.45) is 54.2. The fraction of sp³-hybridized carbons (Fsp3) is 0.755. The number of allylic oxidation sites excluding steroid dienone is 10. The summed E-state index contributed by atoms with van der Waals surface area (Å²) < 4.78 is 33.4. The van der Waals surface area contributed by atoms with Gasteiger partial charge in [-0.25, -0.2) is 4.57 Å². The lowest BCUT2D eigenvalue weighted by molar-refractivity contribution is -0.154. The van der Waals surface area contributed by atoms with Crippen LogP contribution in [0.3, 0.4) is 0 Å². The van der Waals surface area contributed by atoms with Gasteiger partial charge in [0.2, 0.25) is 0 Å². The van der Waals surface area contributed by atoms with E-state index in [4.69, 9.17) is 29.4 Å². The molecule has 0 fully saturated rings. The smallest absolute Gasteiger partial charge is 0.472 e. The average Bonchev–Trinajstić information content (AvgIpc) is 3.23. The topological polar surface area (TPSA) is 155 Å². The summed E-state index contributed by atoms with van der Waals surface area (Å²) in [7, 11) is -4.63. The zero-order valence-electron chi connectivity index (χ0n) is 38.0. The molecule has 60 heavy (non-hydrogen) atoms. The normalized spacial score (nSPS) is 14.3. The van der Waals surface area contributed by atoms with Crippen LogP contribution in [-0.4, -0.2) is 60.5 Å². The number of carboxylic acids is 1. The molecule has 0 bridgehead atoms. The number of esters is 1. The fourth-order valence-corrected chi connectivity index (χ4v) is 7.17. The Morgan fingerprint density at radius 3 is 1.45 bits per heavy atom. The van der Waals surface area contributed by atoms with Crippen molar-refractivity contribution in [2.75, 3.05) is 26.4 Å². The van der Waals surface area contributed by atoms with E-state index in [0.717, 1.165) is 83.5 Å². The molecule has 4 N–H and O–H groups in total. The average molecular weight is 866 g/mol. The van der Waals surface area contributed by atoms with Crippen LogP contribution in [0.4, 0.5) is 0 Å². The highest BCUT2D eigenvalue weighted by Crippen LogP contribution is 2.43. The van der Waals surface area contributed by atoms with Gasteiger partial charge in [0.15, 0.2) is 0 Å². The molecule has 0 aliphatic rings. The van der Waals surface area contributed by atoms with Gasteiger partial charge in [0, 0.05) is 13.0 Å². The van der Waals surface area contributed by atoms with Crippen molar-refractivity contribution in [3.63, 3.8) is 0 Å². The van der Waals surface area contributed by atoms with Gasteiger partial charge in [-0.3, -0.25) is 18.6 Å². The third-order valence-corrected chi connectivity index (χ3v) is 11.0. The van der Waals surface area contributed by atoms with Gasteiger partial charge in [0.1, 0.15) is 12.1 Å². The minimum atomic E-state index is -4.63. The molecule has 10 nitrogen and oxygen atoms in total. The van der Waals surface area contributed by atoms with Crippen LogP contribution in [0.1, 0.15) is 200 Å². The summed E-state index contributed by atoms with van der Waals surface area (Å²) in [5.74, 6) is -1.79. The molecule has 0 aromatic rings. The van der Waals surface area contributed by atoms with E-state index in [1.54, 1.807) is 0 Å². The fourth-order valence-electron chi connectivity index (χ4n) is 6.40. The van der Waals surface area contributed by atoms with Crippen LogP contribution in [0.2, 0.25) is 0 Å². The quantitative estimate of drug-likeness (QED) is 0.0233. The molecule has 0 aliphatic heterocycles. The number of nitrogens with two attached hydrogens (primary N) is 1. The highest BCUT2D eigenvalue weighted by molar-refractivity contribution is 7.47. The molecule has 0 rings (SSSR count). The van der Waals surface area contributed by atoms with Crippen LogP contribution < -0.4 is 5.73 Å². The Kier molecular flexibility index (Phi) is 43.0.